The lowest BCUT2D eigenvalue weighted by atomic mass is 10.1. The van der Waals surface area contributed by atoms with Gasteiger partial charge < -0.3 is 18.6 Å². The fourth-order valence-corrected chi connectivity index (χ4v) is 2.53. The Morgan fingerprint density at radius 1 is 1.00 bits per heavy atom. The summed E-state index contributed by atoms with van der Waals surface area (Å²) in [7, 11) is 2.95. The Labute approximate surface area is 156 Å². The lowest BCUT2D eigenvalue weighted by Crippen LogP contribution is -2.12. The molecule has 0 amide bonds. The molecule has 140 valence electrons. The van der Waals surface area contributed by atoms with Crippen LogP contribution in [0.1, 0.15) is 34.8 Å². The van der Waals surface area contributed by atoms with Gasteiger partial charge in [0.05, 0.1) is 14.2 Å². The smallest absolute Gasteiger partial charge is 0.346 e. The van der Waals surface area contributed by atoms with Crippen molar-refractivity contribution in [2.75, 3.05) is 14.2 Å². The molecule has 0 spiro atoms. The molecule has 1 heterocycles. The molecule has 0 radical (unpaired) electrons. The summed E-state index contributed by atoms with van der Waals surface area (Å²) < 4.78 is 21.6. The minimum atomic E-state index is -0.737. The summed E-state index contributed by atoms with van der Waals surface area (Å²) in [6, 6.07) is 12.7. The first-order valence-electron chi connectivity index (χ1n) is 8.36. The van der Waals surface area contributed by atoms with E-state index in [1.807, 2.05) is 31.2 Å². The molecule has 27 heavy (non-hydrogen) atoms. The van der Waals surface area contributed by atoms with Crippen molar-refractivity contribution in [1.29, 1.82) is 0 Å². The van der Waals surface area contributed by atoms with Gasteiger partial charge in [-0.3, -0.25) is 0 Å². The Balaban J connectivity index is 1.79. The third-order valence-corrected chi connectivity index (χ3v) is 4.00. The zero-order valence-electron chi connectivity index (χ0n) is 15.6. The number of carbonyl (C=O) groups is 1. The highest BCUT2D eigenvalue weighted by molar-refractivity contribution is 5.95. The summed E-state index contributed by atoms with van der Waals surface area (Å²) in [6.07, 6.45) is -0.737. The van der Waals surface area contributed by atoms with Crippen molar-refractivity contribution in [3.63, 3.8) is 0 Å². The molecule has 1 aromatic heterocycles. The van der Waals surface area contributed by atoms with Gasteiger partial charge in [0.1, 0.15) is 17.1 Å². The number of carbonyl (C=O) groups excluding carboxylic acids is 1. The maximum atomic E-state index is 12.6. The minimum absolute atomic E-state index is 0.202. The molecular formula is C20H20N2O5. The number of hydrogen-bond acceptors (Lipinski definition) is 7. The Bertz CT molecular complexity index is 912. The second-order valence-electron chi connectivity index (χ2n) is 5.90. The summed E-state index contributed by atoms with van der Waals surface area (Å²) in [5.74, 6) is 0.678. The van der Waals surface area contributed by atoms with E-state index in [4.69, 9.17) is 18.6 Å². The van der Waals surface area contributed by atoms with Crippen molar-refractivity contribution >= 4 is 5.97 Å². The largest absolute Gasteiger partial charge is 0.496 e. The number of benzene rings is 2. The zero-order chi connectivity index (χ0) is 19.4. The molecule has 0 fully saturated rings. The second kappa shape index (κ2) is 7.90. The zero-order valence-corrected chi connectivity index (χ0v) is 15.6. The Morgan fingerprint density at radius 3 is 2.22 bits per heavy atom. The van der Waals surface area contributed by atoms with Gasteiger partial charge in [-0.25, -0.2) is 4.79 Å². The van der Waals surface area contributed by atoms with E-state index in [9.17, 15) is 4.79 Å². The van der Waals surface area contributed by atoms with E-state index < -0.39 is 12.1 Å². The van der Waals surface area contributed by atoms with Crippen LogP contribution in [0.5, 0.6) is 11.5 Å². The van der Waals surface area contributed by atoms with Crippen LogP contribution < -0.4 is 9.47 Å². The third-order valence-electron chi connectivity index (χ3n) is 4.00. The molecule has 0 aliphatic heterocycles. The molecule has 0 bridgehead atoms. The molecule has 3 rings (SSSR count). The number of aryl methyl sites for hydroxylation is 1. The second-order valence-corrected chi connectivity index (χ2v) is 5.90. The van der Waals surface area contributed by atoms with Gasteiger partial charge in [-0.2, -0.15) is 0 Å². The van der Waals surface area contributed by atoms with Gasteiger partial charge in [-0.05, 0) is 38.1 Å². The molecule has 2 aromatic carbocycles. The first-order valence-corrected chi connectivity index (χ1v) is 8.36. The van der Waals surface area contributed by atoms with E-state index in [1.165, 1.54) is 14.2 Å². The van der Waals surface area contributed by atoms with E-state index in [-0.39, 0.29) is 11.5 Å². The predicted molar refractivity (Wildman–Crippen MR) is 97.8 cm³/mol. The third kappa shape index (κ3) is 3.92. The van der Waals surface area contributed by atoms with Gasteiger partial charge in [0.2, 0.25) is 5.89 Å². The average Bonchev–Trinajstić information content (AvgIpc) is 3.18. The molecule has 7 heteroatoms. The van der Waals surface area contributed by atoms with Crippen LogP contribution in [0.2, 0.25) is 0 Å². The van der Waals surface area contributed by atoms with Crippen LogP contribution in [-0.4, -0.2) is 30.4 Å². The summed E-state index contributed by atoms with van der Waals surface area (Å²) in [5, 5.41) is 8.02. The van der Waals surface area contributed by atoms with Crippen molar-refractivity contribution in [3.8, 4) is 23.0 Å². The summed E-state index contributed by atoms with van der Waals surface area (Å²) in [5.41, 5.74) is 2.13. The Kier molecular flexibility index (Phi) is 5.40. The van der Waals surface area contributed by atoms with Crippen LogP contribution in [0.4, 0.5) is 0 Å². The van der Waals surface area contributed by atoms with Crippen LogP contribution in [0, 0.1) is 6.92 Å². The molecule has 0 aliphatic carbocycles. The number of rotatable bonds is 6. The van der Waals surface area contributed by atoms with Crippen LogP contribution in [0.25, 0.3) is 11.5 Å². The number of aromatic nitrogens is 2. The molecule has 0 unspecified atom stereocenters. The highest BCUT2D eigenvalue weighted by Crippen LogP contribution is 2.31. The van der Waals surface area contributed by atoms with E-state index in [0.717, 1.165) is 11.1 Å². The maximum Gasteiger partial charge on any atom is 0.346 e. The van der Waals surface area contributed by atoms with Crippen molar-refractivity contribution in [2.24, 2.45) is 0 Å². The minimum Gasteiger partial charge on any atom is -0.496 e. The normalized spacial score (nSPS) is 11.7. The molecule has 1 atom stereocenters. The van der Waals surface area contributed by atoms with Crippen molar-refractivity contribution in [3.05, 3.63) is 59.5 Å². The van der Waals surface area contributed by atoms with Gasteiger partial charge in [-0.1, -0.05) is 23.8 Å². The summed E-state index contributed by atoms with van der Waals surface area (Å²) >= 11 is 0. The molecule has 0 aliphatic rings. The molecular weight excluding hydrogens is 348 g/mol. The molecule has 3 aromatic rings. The van der Waals surface area contributed by atoms with Crippen LogP contribution >= 0.6 is 0 Å². The van der Waals surface area contributed by atoms with Crippen LogP contribution in [0.15, 0.2) is 46.9 Å². The number of hydrogen-bond donors (Lipinski definition) is 0. The molecule has 7 nitrogen and oxygen atoms in total. The SMILES string of the molecule is COc1cccc(OC)c1C(=O)O[C@H](C)c1nnc(-c2ccc(C)cc2)o1. The predicted octanol–water partition coefficient (Wildman–Crippen LogP) is 3.98. The highest BCUT2D eigenvalue weighted by Gasteiger charge is 2.25. The van der Waals surface area contributed by atoms with E-state index in [0.29, 0.717) is 17.4 Å². The monoisotopic (exact) mass is 368 g/mol. The fourth-order valence-electron chi connectivity index (χ4n) is 2.53. The first-order chi connectivity index (χ1) is 13.0. The Morgan fingerprint density at radius 2 is 1.63 bits per heavy atom. The topological polar surface area (TPSA) is 83.7 Å². The number of esters is 1. The van der Waals surface area contributed by atoms with Crippen molar-refractivity contribution < 1.29 is 23.4 Å². The van der Waals surface area contributed by atoms with E-state index in [1.54, 1.807) is 25.1 Å². The van der Waals surface area contributed by atoms with Crippen LogP contribution in [0.3, 0.4) is 0 Å². The molecule has 0 saturated heterocycles. The van der Waals surface area contributed by atoms with Gasteiger partial charge in [0.15, 0.2) is 6.10 Å². The number of ether oxygens (including phenoxy) is 3. The van der Waals surface area contributed by atoms with Crippen molar-refractivity contribution in [2.45, 2.75) is 20.0 Å². The standard InChI is InChI=1S/C20H20N2O5/c1-12-8-10-14(11-9-12)19-22-21-18(27-19)13(2)26-20(23)17-15(24-3)6-5-7-16(17)25-4/h5-11,13H,1-4H3/t13-/m1/s1. The van der Waals surface area contributed by atoms with E-state index in [2.05, 4.69) is 10.2 Å². The maximum absolute atomic E-state index is 12.6. The number of nitrogens with zero attached hydrogens (tertiary/aromatic N) is 2. The highest BCUT2D eigenvalue weighted by atomic mass is 16.6. The number of methoxy groups -OCH3 is 2. The molecule has 0 N–H and O–H groups in total. The van der Waals surface area contributed by atoms with Gasteiger partial charge in [0.25, 0.3) is 5.89 Å². The average molecular weight is 368 g/mol. The summed E-state index contributed by atoms with van der Waals surface area (Å²) in [6.45, 7) is 3.66. The van der Waals surface area contributed by atoms with Crippen molar-refractivity contribution in [1.82, 2.24) is 10.2 Å². The lowest BCUT2D eigenvalue weighted by molar-refractivity contribution is 0.0273. The Hall–Kier alpha value is -3.35. The van der Waals surface area contributed by atoms with Gasteiger partial charge in [-0.15, -0.1) is 10.2 Å². The summed E-state index contributed by atoms with van der Waals surface area (Å²) in [4.78, 5) is 12.6. The van der Waals surface area contributed by atoms with E-state index >= 15 is 0 Å². The first kappa shape index (κ1) is 18.4. The fraction of sp³-hybridized carbons (Fsp3) is 0.250. The van der Waals surface area contributed by atoms with Gasteiger partial charge in [0, 0.05) is 5.56 Å². The van der Waals surface area contributed by atoms with Crippen LogP contribution in [-0.2, 0) is 4.74 Å². The molecule has 0 saturated carbocycles. The lowest BCUT2D eigenvalue weighted by Gasteiger charge is -2.14. The quantitative estimate of drug-likeness (QED) is 0.609. The van der Waals surface area contributed by atoms with Gasteiger partial charge >= 0.3 is 5.97 Å².